The molecule has 2 aliphatic rings. The molecule has 3 unspecified atom stereocenters. The summed E-state index contributed by atoms with van der Waals surface area (Å²) in [7, 11) is 0. The van der Waals surface area contributed by atoms with E-state index < -0.39 is 6.10 Å². The van der Waals surface area contributed by atoms with E-state index in [1.54, 1.807) is 0 Å². The Morgan fingerprint density at radius 3 is 1.93 bits per heavy atom. The first kappa shape index (κ1) is 12.9. The van der Waals surface area contributed by atoms with Gasteiger partial charge in [-0.05, 0) is 6.42 Å². The van der Waals surface area contributed by atoms with Crippen LogP contribution in [0.25, 0.3) is 0 Å². The van der Waals surface area contributed by atoms with Gasteiger partial charge in [-0.2, -0.15) is 0 Å². The summed E-state index contributed by atoms with van der Waals surface area (Å²) in [5, 5.41) is 16.5. The van der Waals surface area contributed by atoms with Crippen LogP contribution in [0.1, 0.15) is 13.3 Å². The van der Waals surface area contributed by atoms with Crippen LogP contribution in [0.4, 0.5) is 0 Å². The Bertz CT molecular complexity index is 140. The molecular formula is C10H20O5. The van der Waals surface area contributed by atoms with E-state index >= 15 is 0 Å². The molecule has 2 N–H and O–H groups in total. The van der Waals surface area contributed by atoms with E-state index in [9.17, 15) is 0 Å². The maximum absolute atomic E-state index is 8.42. The van der Waals surface area contributed by atoms with Crippen LogP contribution in [0.2, 0.25) is 0 Å². The molecule has 0 saturated carbocycles. The van der Waals surface area contributed by atoms with Gasteiger partial charge in [0.1, 0.15) is 12.2 Å². The average Bonchev–Trinajstić information content (AvgIpc) is 3.11. The predicted octanol–water partition coefficient (Wildman–Crippen LogP) is -0.450. The van der Waals surface area contributed by atoms with Gasteiger partial charge in [0.05, 0.1) is 39.1 Å². The second-order valence-corrected chi connectivity index (χ2v) is 3.69. The summed E-state index contributed by atoms with van der Waals surface area (Å²) in [6, 6.07) is 0. The first-order valence-corrected chi connectivity index (χ1v) is 5.36. The van der Waals surface area contributed by atoms with Crippen molar-refractivity contribution in [3.63, 3.8) is 0 Å². The van der Waals surface area contributed by atoms with Crippen LogP contribution in [0, 0.1) is 0 Å². The van der Waals surface area contributed by atoms with E-state index in [2.05, 4.69) is 0 Å². The second kappa shape index (κ2) is 7.14. The fourth-order valence-electron chi connectivity index (χ4n) is 0.789. The largest absolute Gasteiger partial charge is 0.394 e. The highest BCUT2D eigenvalue weighted by molar-refractivity contribution is 4.71. The summed E-state index contributed by atoms with van der Waals surface area (Å²) in [5.41, 5.74) is 0. The van der Waals surface area contributed by atoms with E-state index in [1.165, 1.54) is 0 Å². The van der Waals surface area contributed by atoms with Gasteiger partial charge in [-0.3, -0.25) is 0 Å². The molecular weight excluding hydrogens is 200 g/mol. The molecule has 2 aliphatic heterocycles. The van der Waals surface area contributed by atoms with E-state index in [4.69, 9.17) is 24.4 Å². The van der Waals surface area contributed by atoms with E-state index in [1.807, 2.05) is 6.92 Å². The minimum atomic E-state index is -0.509. The Morgan fingerprint density at radius 2 is 1.73 bits per heavy atom. The summed E-state index contributed by atoms with van der Waals surface area (Å²) >= 11 is 0. The molecule has 0 spiro atoms. The van der Waals surface area contributed by atoms with Gasteiger partial charge in [-0.1, -0.05) is 6.92 Å². The smallest absolute Gasteiger partial charge is 0.104 e. The lowest BCUT2D eigenvalue weighted by molar-refractivity contribution is 0.0923. The summed E-state index contributed by atoms with van der Waals surface area (Å²) in [6.45, 7) is 4.97. The molecule has 0 aliphatic carbocycles. The molecule has 5 nitrogen and oxygen atoms in total. The maximum Gasteiger partial charge on any atom is 0.104 e. The SMILES string of the molecule is C(OCC1CO1)C1CO1.CCC(O)CO. The third kappa shape index (κ3) is 7.70. The fourth-order valence-corrected chi connectivity index (χ4v) is 0.789. The number of aliphatic hydroxyl groups is 2. The lowest BCUT2D eigenvalue weighted by atomic mass is 10.3. The Labute approximate surface area is 89.9 Å². The second-order valence-electron chi connectivity index (χ2n) is 3.69. The molecule has 5 heteroatoms. The van der Waals surface area contributed by atoms with Crippen molar-refractivity contribution in [3.8, 4) is 0 Å². The van der Waals surface area contributed by atoms with Crippen LogP contribution >= 0.6 is 0 Å². The molecule has 2 saturated heterocycles. The molecule has 0 radical (unpaired) electrons. The summed E-state index contributed by atoms with van der Waals surface area (Å²) in [5.74, 6) is 0. The Hall–Kier alpha value is -0.200. The molecule has 2 heterocycles. The van der Waals surface area contributed by atoms with Crippen molar-refractivity contribution in [1.82, 2.24) is 0 Å². The van der Waals surface area contributed by atoms with Crippen molar-refractivity contribution in [2.75, 3.05) is 33.0 Å². The Balaban J connectivity index is 0.000000167. The lowest BCUT2D eigenvalue weighted by Crippen LogP contribution is -2.08. The molecule has 0 aromatic carbocycles. The zero-order chi connectivity index (χ0) is 11.1. The summed E-state index contributed by atoms with van der Waals surface area (Å²) < 4.78 is 15.1. The Morgan fingerprint density at radius 1 is 1.27 bits per heavy atom. The van der Waals surface area contributed by atoms with Gasteiger partial charge in [-0.25, -0.2) is 0 Å². The van der Waals surface area contributed by atoms with Crippen LogP contribution in [0.3, 0.4) is 0 Å². The number of rotatable bonds is 6. The van der Waals surface area contributed by atoms with E-state index in [0.29, 0.717) is 18.6 Å². The van der Waals surface area contributed by atoms with Gasteiger partial charge in [-0.15, -0.1) is 0 Å². The number of aliphatic hydroxyl groups excluding tert-OH is 2. The van der Waals surface area contributed by atoms with Crippen molar-refractivity contribution in [2.45, 2.75) is 31.7 Å². The van der Waals surface area contributed by atoms with Gasteiger partial charge >= 0.3 is 0 Å². The molecule has 2 rings (SSSR count). The first-order chi connectivity index (χ1) is 7.26. The number of hydrogen-bond donors (Lipinski definition) is 2. The van der Waals surface area contributed by atoms with Gasteiger partial charge < -0.3 is 24.4 Å². The quantitative estimate of drug-likeness (QED) is 0.593. The maximum atomic E-state index is 8.42. The summed E-state index contributed by atoms with van der Waals surface area (Å²) in [6.07, 6.45) is 0.911. The van der Waals surface area contributed by atoms with E-state index in [0.717, 1.165) is 26.4 Å². The highest BCUT2D eigenvalue weighted by atomic mass is 16.6. The van der Waals surface area contributed by atoms with Crippen LogP contribution in [-0.2, 0) is 14.2 Å². The number of epoxide rings is 2. The number of hydrogen-bond acceptors (Lipinski definition) is 5. The van der Waals surface area contributed by atoms with Crippen molar-refractivity contribution in [1.29, 1.82) is 0 Å². The molecule has 3 atom stereocenters. The first-order valence-electron chi connectivity index (χ1n) is 5.36. The molecule has 90 valence electrons. The van der Waals surface area contributed by atoms with Crippen LogP contribution in [0.15, 0.2) is 0 Å². The highest BCUT2D eigenvalue weighted by Gasteiger charge is 2.26. The third-order valence-electron chi connectivity index (χ3n) is 2.09. The minimum absolute atomic E-state index is 0.115. The van der Waals surface area contributed by atoms with Crippen LogP contribution in [-0.4, -0.2) is 61.6 Å². The van der Waals surface area contributed by atoms with Crippen molar-refractivity contribution in [3.05, 3.63) is 0 Å². The molecule has 0 amide bonds. The van der Waals surface area contributed by atoms with Crippen LogP contribution in [0.5, 0.6) is 0 Å². The summed E-state index contributed by atoms with van der Waals surface area (Å²) in [4.78, 5) is 0. The number of ether oxygens (including phenoxy) is 3. The van der Waals surface area contributed by atoms with Crippen molar-refractivity contribution >= 4 is 0 Å². The van der Waals surface area contributed by atoms with Gasteiger partial charge in [0.25, 0.3) is 0 Å². The molecule has 15 heavy (non-hydrogen) atoms. The van der Waals surface area contributed by atoms with Crippen molar-refractivity contribution < 1.29 is 24.4 Å². The van der Waals surface area contributed by atoms with Crippen molar-refractivity contribution in [2.24, 2.45) is 0 Å². The topological polar surface area (TPSA) is 74.8 Å². The monoisotopic (exact) mass is 220 g/mol. The molecule has 0 aromatic heterocycles. The zero-order valence-electron chi connectivity index (χ0n) is 9.09. The standard InChI is InChI=1S/C6H10O3.C4H10O2/c1(5-3-8-5)7-2-6-4-9-6;1-2-4(6)3-5/h5-6H,1-4H2;4-6H,2-3H2,1H3. The molecule has 2 fully saturated rings. The zero-order valence-corrected chi connectivity index (χ0v) is 9.09. The molecule has 0 aromatic rings. The molecule has 0 bridgehead atoms. The van der Waals surface area contributed by atoms with Crippen LogP contribution < -0.4 is 0 Å². The average molecular weight is 220 g/mol. The lowest BCUT2D eigenvalue weighted by Gasteiger charge is -1.97. The normalized spacial score (nSPS) is 29.0. The highest BCUT2D eigenvalue weighted by Crippen LogP contribution is 2.12. The predicted molar refractivity (Wildman–Crippen MR) is 53.7 cm³/mol. The fraction of sp³-hybridized carbons (Fsp3) is 1.00. The van der Waals surface area contributed by atoms with Gasteiger partial charge in [0.15, 0.2) is 0 Å². The van der Waals surface area contributed by atoms with E-state index in [-0.39, 0.29) is 6.61 Å². The minimum Gasteiger partial charge on any atom is -0.394 e. The van der Waals surface area contributed by atoms with Gasteiger partial charge in [0.2, 0.25) is 0 Å². The third-order valence-corrected chi connectivity index (χ3v) is 2.09. The van der Waals surface area contributed by atoms with Gasteiger partial charge in [0, 0.05) is 0 Å². The Kier molecular flexibility index (Phi) is 6.12.